The first-order chi connectivity index (χ1) is 12.7. The van der Waals surface area contributed by atoms with Crippen LogP contribution in [0.4, 0.5) is 10.5 Å². The van der Waals surface area contributed by atoms with E-state index < -0.39 is 6.09 Å². The Kier molecular flexibility index (Phi) is 11.9. The standard InChI is InChI=1S/C21H32N2O3/c1-3-4-5-6-7-8-9-10-11-12-15-22-21(25)26-19-14-13-18(2)20(16-19)23-17-24/h13-14,16H,3-12,15H2,1-2H3,(H,22,25). The summed E-state index contributed by atoms with van der Waals surface area (Å²) < 4.78 is 5.21. The highest BCUT2D eigenvalue weighted by Gasteiger charge is 2.06. The molecular weight excluding hydrogens is 328 g/mol. The predicted molar refractivity (Wildman–Crippen MR) is 105 cm³/mol. The molecule has 0 aliphatic rings. The number of hydrogen-bond acceptors (Lipinski definition) is 4. The van der Waals surface area contributed by atoms with Crippen LogP contribution in [0.15, 0.2) is 23.2 Å². The highest BCUT2D eigenvalue weighted by atomic mass is 16.6. The number of nitrogens with one attached hydrogen (secondary N) is 1. The molecule has 0 saturated carbocycles. The van der Waals surface area contributed by atoms with Crippen LogP contribution in [0.2, 0.25) is 0 Å². The van der Waals surface area contributed by atoms with Gasteiger partial charge in [0.1, 0.15) is 5.75 Å². The zero-order valence-corrected chi connectivity index (χ0v) is 16.2. The average Bonchev–Trinajstić information content (AvgIpc) is 2.62. The molecule has 1 aromatic carbocycles. The molecule has 0 radical (unpaired) electrons. The minimum Gasteiger partial charge on any atom is -0.410 e. The molecule has 1 rings (SSSR count). The number of hydrogen-bond donors (Lipinski definition) is 1. The molecular formula is C21H32N2O3. The summed E-state index contributed by atoms with van der Waals surface area (Å²) in [5.74, 6) is 0.366. The summed E-state index contributed by atoms with van der Waals surface area (Å²) in [6.45, 7) is 4.68. The number of amides is 1. The molecule has 1 amide bonds. The lowest BCUT2D eigenvalue weighted by Crippen LogP contribution is -2.27. The van der Waals surface area contributed by atoms with E-state index in [1.807, 2.05) is 6.92 Å². The summed E-state index contributed by atoms with van der Waals surface area (Å²) in [5, 5.41) is 2.75. The molecule has 26 heavy (non-hydrogen) atoms. The Hall–Kier alpha value is -2.13. The van der Waals surface area contributed by atoms with Gasteiger partial charge in [0.25, 0.3) is 0 Å². The number of rotatable bonds is 13. The van der Waals surface area contributed by atoms with Crippen LogP contribution in [0.25, 0.3) is 0 Å². The maximum atomic E-state index is 11.8. The number of unbranched alkanes of at least 4 members (excludes halogenated alkanes) is 9. The lowest BCUT2D eigenvalue weighted by molar-refractivity contribution is 0.200. The summed E-state index contributed by atoms with van der Waals surface area (Å²) >= 11 is 0. The van der Waals surface area contributed by atoms with Crippen molar-refractivity contribution >= 4 is 17.9 Å². The van der Waals surface area contributed by atoms with Crippen molar-refractivity contribution in [1.82, 2.24) is 5.32 Å². The summed E-state index contributed by atoms with van der Waals surface area (Å²) in [6, 6.07) is 4.99. The molecule has 0 unspecified atom stereocenters. The number of aliphatic imine (C=N–C) groups is 1. The molecule has 5 nitrogen and oxygen atoms in total. The number of carbonyl (C=O) groups excluding carboxylic acids is 2. The molecule has 5 heteroatoms. The Morgan fingerprint density at radius 3 is 2.27 bits per heavy atom. The van der Waals surface area contributed by atoms with E-state index >= 15 is 0 Å². The number of carbonyl (C=O) groups is 1. The maximum absolute atomic E-state index is 11.8. The van der Waals surface area contributed by atoms with Gasteiger partial charge in [-0.1, -0.05) is 70.8 Å². The molecule has 0 saturated heterocycles. The van der Waals surface area contributed by atoms with E-state index in [-0.39, 0.29) is 0 Å². The van der Waals surface area contributed by atoms with E-state index in [1.165, 1.54) is 57.4 Å². The molecule has 0 bridgehead atoms. The summed E-state index contributed by atoms with van der Waals surface area (Å²) in [5.41, 5.74) is 1.28. The summed E-state index contributed by atoms with van der Waals surface area (Å²) in [4.78, 5) is 25.8. The normalized spacial score (nSPS) is 10.2. The highest BCUT2D eigenvalue weighted by molar-refractivity contribution is 5.71. The van der Waals surface area contributed by atoms with E-state index in [2.05, 4.69) is 17.2 Å². The smallest absolute Gasteiger partial charge is 0.410 e. The fourth-order valence-corrected chi connectivity index (χ4v) is 2.77. The van der Waals surface area contributed by atoms with Gasteiger partial charge in [-0.15, -0.1) is 0 Å². The van der Waals surface area contributed by atoms with E-state index in [0.717, 1.165) is 18.4 Å². The lowest BCUT2D eigenvalue weighted by Gasteiger charge is -2.08. The Balaban J connectivity index is 2.09. The first-order valence-electron chi connectivity index (χ1n) is 9.81. The zero-order valence-electron chi connectivity index (χ0n) is 16.2. The van der Waals surface area contributed by atoms with Gasteiger partial charge in [-0.25, -0.2) is 9.59 Å². The van der Waals surface area contributed by atoms with Crippen LogP contribution in [-0.4, -0.2) is 18.7 Å². The molecule has 0 aliphatic carbocycles. The van der Waals surface area contributed by atoms with Gasteiger partial charge in [-0.2, -0.15) is 4.99 Å². The zero-order chi connectivity index (χ0) is 19.0. The maximum Gasteiger partial charge on any atom is 0.412 e. The van der Waals surface area contributed by atoms with Crippen LogP contribution >= 0.6 is 0 Å². The fraction of sp³-hybridized carbons (Fsp3) is 0.619. The summed E-state index contributed by atoms with van der Waals surface area (Å²) in [6.07, 6.45) is 13.6. The van der Waals surface area contributed by atoms with E-state index in [0.29, 0.717) is 18.0 Å². The third-order valence-electron chi connectivity index (χ3n) is 4.36. The van der Waals surface area contributed by atoms with Crippen LogP contribution in [0, 0.1) is 6.92 Å². The highest BCUT2D eigenvalue weighted by Crippen LogP contribution is 2.24. The van der Waals surface area contributed by atoms with E-state index in [9.17, 15) is 9.59 Å². The van der Waals surface area contributed by atoms with E-state index in [1.54, 1.807) is 18.2 Å². The number of ether oxygens (including phenoxy) is 1. The predicted octanol–water partition coefficient (Wildman–Crippen LogP) is 5.97. The SMILES string of the molecule is CCCCCCCCCCCCNC(=O)Oc1ccc(C)c(N=C=O)c1. The first-order valence-corrected chi connectivity index (χ1v) is 9.81. The monoisotopic (exact) mass is 360 g/mol. The second kappa shape index (κ2) is 14.1. The largest absolute Gasteiger partial charge is 0.412 e. The van der Waals surface area contributed by atoms with Gasteiger partial charge in [0, 0.05) is 12.6 Å². The first kappa shape index (κ1) is 21.9. The van der Waals surface area contributed by atoms with Crippen LogP contribution in [0.5, 0.6) is 5.75 Å². The van der Waals surface area contributed by atoms with Crippen molar-refractivity contribution in [2.75, 3.05) is 6.54 Å². The van der Waals surface area contributed by atoms with E-state index in [4.69, 9.17) is 4.74 Å². The number of aryl methyl sites for hydroxylation is 1. The number of nitrogens with zero attached hydrogens (tertiary/aromatic N) is 1. The second-order valence-electron chi connectivity index (χ2n) is 6.65. The third kappa shape index (κ3) is 10.00. The molecule has 0 atom stereocenters. The van der Waals surface area contributed by atoms with Gasteiger partial charge < -0.3 is 10.1 Å². The average molecular weight is 360 g/mol. The lowest BCUT2D eigenvalue weighted by atomic mass is 10.1. The Bertz CT molecular complexity index is 581. The van der Waals surface area contributed by atoms with Crippen molar-refractivity contribution < 1.29 is 14.3 Å². The quantitative estimate of drug-likeness (QED) is 0.267. The molecule has 0 fully saturated rings. The molecule has 0 aliphatic heterocycles. The fourth-order valence-electron chi connectivity index (χ4n) is 2.77. The third-order valence-corrected chi connectivity index (χ3v) is 4.36. The Morgan fingerprint density at radius 1 is 1.04 bits per heavy atom. The van der Waals surface area contributed by atoms with Crippen molar-refractivity contribution in [3.05, 3.63) is 23.8 Å². The molecule has 144 valence electrons. The van der Waals surface area contributed by atoms with Gasteiger partial charge >= 0.3 is 6.09 Å². The van der Waals surface area contributed by atoms with Gasteiger partial charge in [-0.05, 0) is 25.0 Å². The van der Waals surface area contributed by atoms with Gasteiger partial charge in [0.15, 0.2) is 0 Å². The minimum atomic E-state index is -0.481. The summed E-state index contributed by atoms with van der Waals surface area (Å²) in [7, 11) is 0. The molecule has 0 aromatic heterocycles. The molecule has 0 spiro atoms. The van der Waals surface area contributed by atoms with Gasteiger partial charge in [0.2, 0.25) is 6.08 Å². The van der Waals surface area contributed by atoms with Crippen molar-refractivity contribution in [2.24, 2.45) is 4.99 Å². The van der Waals surface area contributed by atoms with Crippen molar-refractivity contribution in [3.8, 4) is 5.75 Å². The van der Waals surface area contributed by atoms with Crippen LogP contribution in [-0.2, 0) is 4.79 Å². The minimum absolute atomic E-state index is 0.366. The van der Waals surface area contributed by atoms with Crippen molar-refractivity contribution in [1.29, 1.82) is 0 Å². The number of benzene rings is 1. The molecule has 1 N–H and O–H groups in total. The van der Waals surface area contributed by atoms with Gasteiger partial charge in [0.05, 0.1) is 5.69 Å². The second-order valence-corrected chi connectivity index (χ2v) is 6.65. The molecule has 1 aromatic rings. The van der Waals surface area contributed by atoms with Crippen LogP contribution in [0.1, 0.15) is 76.7 Å². The van der Waals surface area contributed by atoms with Gasteiger partial charge in [-0.3, -0.25) is 0 Å². The van der Waals surface area contributed by atoms with Crippen LogP contribution < -0.4 is 10.1 Å². The van der Waals surface area contributed by atoms with Crippen molar-refractivity contribution in [2.45, 2.75) is 78.1 Å². The number of isocyanates is 1. The topological polar surface area (TPSA) is 67.8 Å². The van der Waals surface area contributed by atoms with Crippen LogP contribution in [0.3, 0.4) is 0 Å². The van der Waals surface area contributed by atoms with Crippen molar-refractivity contribution in [3.63, 3.8) is 0 Å². The Morgan fingerprint density at radius 2 is 1.65 bits per heavy atom. The molecule has 0 heterocycles. The Labute approximate surface area is 157 Å².